The number of nitrogens with one attached hydrogen (secondary N) is 1. The molecule has 0 radical (unpaired) electrons. The summed E-state index contributed by atoms with van der Waals surface area (Å²) >= 11 is 2.22. The average Bonchev–Trinajstić information content (AvgIpc) is 2.72. The van der Waals surface area contributed by atoms with Gasteiger partial charge in [0, 0.05) is 43.7 Å². The summed E-state index contributed by atoms with van der Waals surface area (Å²) in [5.41, 5.74) is 0. The van der Waals surface area contributed by atoms with Crippen molar-refractivity contribution in [2.45, 2.75) is 30.9 Å². The van der Waals surface area contributed by atoms with Crippen LogP contribution in [-0.4, -0.2) is 48.6 Å². The van der Waals surface area contributed by atoms with Gasteiger partial charge in [0.25, 0.3) is 0 Å². The second-order valence-electron chi connectivity index (χ2n) is 4.37. The molecule has 0 amide bonds. The van der Waals surface area contributed by atoms with Gasteiger partial charge in [-0.3, -0.25) is 4.90 Å². The van der Waals surface area contributed by atoms with Crippen LogP contribution in [0, 0.1) is 0 Å². The molecule has 0 aromatic rings. The first-order valence-electron chi connectivity index (χ1n) is 6.00. The minimum absolute atomic E-state index is 0.998. The van der Waals surface area contributed by atoms with E-state index >= 15 is 0 Å². The van der Waals surface area contributed by atoms with Crippen LogP contribution in [0.1, 0.15) is 25.7 Å². The number of hydrogen-bond donors (Lipinski definition) is 1. The molecule has 2 rings (SSSR count). The molecule has 2 fully saturated rings. The minimum Gasteiger partial charge on any atom is -0.314 e. The fourth-order valence-electron chi connectivity index (χ4n) is 2.34. The van der Waals surface area contributed by atoms with Gasteiger partial charge < -0.3 is 5.32 Å². The maximum absolute atomic E-state index is 3.40. The maximum Gasteiger partial charge on any atom is 0.0108 e. The Morgan fingerprint density at radius 2 is 1.86 bits per heavy atom. The van der Waals surface area contributed by atoms with Crippen molar-refractivity contribution in [3.05, 3.63) is 0 Å². The normalized spacial score (nSPS) is 25.7. The predicted octanol–water partition coefficient (Wildman–Crippen LogP) is 1.57. The zero-order valence-electron chi connectivity index (χ0n) is 9.00. The number of hydrogen-bond acceptors (Lipinski definition) is 3. The van der Waals surface area contributed by atoms with E-state index in [1.54, 1.807) is 0 Å². The van der Waals surface area contributed by atoms with Gasteiger partial charge in [0.1, 0.15) is 0 Å². The van der Waals surface area contributed by atoms with Crippen LogP contribution in [0.2, 0.25) is 0 Å². The standard InChI is InChI=1S/C11H22N2S/c1-2-4-11(3-1)14-10-9-13-7-5-12-6-8-13/h11-12H,1-10H2. The van der Waals surface area contributed by atoms with Crippen LogP contribution < -0.4 is 5.32 Å². The predicted molar refractivity (Wildman–Crippen MR) is 64.0 cm³/mol. The van der Waals surface area contributed by atoms with Crippen LogP contribution in [0.15, 0.2) is 0 Å². The van der Waals surface area contributed by atoms with Gasteiger partial charge in [0.05, 0.1) is 0 Å². The first-order chi connectivity index (χ1) is 6.95. The molecule has 0 aromatic carbocycles. The van der Waals surface area contributed by atoms with Crippen molar-refractivity contribution < 1.29 is 0 Å². The summed E-state index contributed by atoms with van der Waals surface area (Å²) in [6.07, 6.45) is 5.91. The third kappa shape index (κ3) is 3.44. The molecule has 14 heavy (non-hydrogen) atoms. The van der Waals surface area contributed by atoms with Gasteiger partial charge >= 0.3 is 0 Å². The minimum atomic E-state index is 0.998. The molecule has 1 heterocycles. The van der Waals surface area contributed by atoms with Crippen molar-refractivity contribution in [2.75, 3.05) is 38.5 Å². The molecular formula is C11H22N2S. The van der Waals surface area contributed by atoms with E-state index in [1.807, 2.05) is 0 Å². The van der Waals surface area contributed by atoms with Crippen molar-refractivity contribution in [2.24, 2.45) is 0 Å². The van der Waals surface area contributed by atoms with Gasteiger partial charge in [0.2, 0.25) is 0 Å². The fraction of sp³-hybridized carbons (Fsp3) is 1.00. The highest BCUT2D eigenvalue weighted by Gasteiger charge is 2.15. The van der Waals surface area contributed by atoms with E-state index in [0.29, 0.717) is 0 Å². The summed E-state index contributed by atoms with van der Waals surface area (Å²) in [5, 5.41) is 4.40. The largest absolute Gasteiger partial charge is 0.314 e. The number of piperazine rings is 1. The molecule has 0 aromatic heterocycles. The zero-order valence-corrected chi connectivity index (χ0v) is 9.82. The lowest BCUT2D eigenvalue weighted by atomic mass is 10.4. The van der Waals surface area contributed by atoms with Crippen LogP contribution in [0.25, 0.3) is 0 Å². The van der Waals surface area contributed by atoms with Gasteiger partial charge in [-0.15, -0.1) is 0 Å². The van der Waals surface area contributed by atoms with E-state index in [9.17, 15) is 0 Å². The number of thioether (sulfide) groups is 1. The second-order valence-corrected chi connectivity index (χ2v) is 5.78. The molecule has 3 heteroatoms. The first-order valence-corrected chi connectivity index (χ1v) is 7.05. The van der Waals surface area contributed by atoms with Crippen molar-refractivity contribution in [3.63, 3.8) is 0 Å². The Hall–Kier alpha value is 0.270. The van der Waals surface area contributed by atoms with E-state index < -0.39 is 0 Å². The van der Waals surface area contributed by atoms with Crippen LogP contribution in [-0.2, 0) is 0 Å². The first kappa shape index (κ1) is 10.8. The Kier molecular flexibility index (Phi) is 4.61. The Bertz CT molecular complexity index is 151. The Labute approximate surface area is 91.8 Å². The molecule has 2 aliphatic rings. The molecule has 0 bridgehead atoms. The summed E-state index contributed by atoms with van der Waals surface area (Å²) in [6.45, 7) is 6.20. The zero-order chi connectivity index (χ0) is 9.64. The Morgan fingerprint density at radius 1 is 1.14 bits per heavy atom. The Morgan fingerprint density at radius 3 is 2.57 bits per heavy atom. The quantitative estimate of drug-likeness (QED) is 0.765. The van der Waals surface area contributed by atoms with Gasteiger partial charge in [-0.2, -0.15) is 11.8 Å². The fourth-order valence-corrected chi connectivity index (χ4v) is 3.70. The number of nitrogens with zero attached hydrogens (tertiary/aromatic N) is 1. The lowest BCUT2D eigenvalue weighted by Gasteiger charge is -2.27. The Balaban J connectivity index is 1.52. The molecule has 1 N–H and O–H groups in total. The van der Waals surface area contributed by atoms with Crippen molar-refractivity contribution in [3.8, 4) is 0 Å². The van der Waals surface area contributed by atoms with Gasteiger partial charge in [-0.1, -0.05) is 12.8 Å². The number of rotatable bonds is 4. The van der Waals surface area contributed by atoms with Crippen molar-refractivity contribution in [1.82, 2.24) is 10.2 Å². The smallest absolute Gasteiger partial charge is 0.0108 e. The third-order valence-electron chi connectivity index (χ3n) is 3.27. The van der Waals surface area contributed by atoms with E-state index in [0.717, 1.165) is 5.25 Å². The summed E-state index contributed by atoms with van der Waals surface area (Å²) < 4.78 is 0. The monoisotopic (exact) mass is 214 g/mol. The molecule has 0 unspecified atom stereocenters. The molecule has 2 nitrogen and oxygen atoms in total. The SMILES string of the molecule is C1CCC(SCCN2CCNCC2)C1. The molecule has 0 atom stereocenters. The highest BCUT2D eigenvalue weighted by atomic mass is 32.2. The van der Waals surface area contributed by atoms with Gasteiger partial charge in [-0.05, 0) is 12.8 Å². The van der Waals surface area contributed by atoms with E-state index in [1.165, 1.54) is 64.2 Å². The lowest BCUT2D eigenvalue weighted by Crippen LogP contribution is -2.44. The lowest BCUT2D eigenvalue weighted by molar-refractivity contribution is 0.255. The van der Waals surface area contributed by atoms with Crippen molar-refractivity contribution in [1.29, 1.82) is 0 Å². The molecular weight excluding hydrogens is 192 g/mol. The van der Waals surface area contributed by atoms with Crippen LogP contribution in [0.3, 0.4) is 0 Å². The molecule has 1 aliphatic heterocycles. The highest BCUT2D eigenvalue weighted by Crippen LogP contribution is 2.29. The maximum atomic E-state index is 3.40. The highest BCUT2D eigenvalue weighted by molar-refractivity contribution is 7.99. The molecule has 0 spiro atoms. The third-order valence-corrected chi connectivity index (χ3v) is 4.63. The summed E-state index contributed by atoms with van der Waals surface area (Å²) in [5.74, 6) is 1.35. The van der Waals surface area contributed by atoms with Gasteiger partial charge in [0.15, 0.2) is 0 Å². The molecule has 1 aliphatic carbocycles. The van der Waals surface area contributed by atoms with Crippen LogP contribution in [0.5, 0.6) is 0 Å². The summed E-state index contributed by atoms with van der Waals surface area (Å²) in [7, 11) is 0. The van der Waals surface area contributed by atoms with E-state index in [-0.39, 0.29) is 0 Å². The summed E-state index contributed by atoms with van der Waals surface area (Å²) in [4.78, 5) is 2.60. The van der Waals surface area contributed by atoms with Crippen LogP contribution in [0.4, 0.5) is 0 Å². The molecule has 1 saturated carbocycles. The van der Waals surface area contributed by atoms with Crippen LogP contribution >= 0.6 is 11.8 Å². The molecule has 82 valence electrons. The average molecular weight is 214 g/mol. The van der Waals surface area contributed by atoms with E-state index in [4.69, 9.17) is 0 Å². The second kappa shape index (κ2) is 5.99. The van der Waals surface area contributed by atoms with Crippen molar-refractivity contribution >= 4 is 11.8 Å². The van der Waals surface area contributed by atoms with E-state index in [2.05, 4.69) is 22.0 Å². The summed E-state index contributed by atoms with van der Waals surface area (Å²) in [6, 6.07) is 0. The van der Waals surface area contributed by atoms with Gasteiger partial charge in [-0.25, -0.2) is 0 Å². The molecule has 1 saturated heterocycles. The topological polar surface area (TPSA) is 15.3 Å².